The van der Waals surface area contributed by atoms with Gasteiger partial charge in [-0.3, -0.25) is 0 Å². The van der Waals surface area contributed by atoms with E-state index < -0.39 is 0 Å². The summed E-state index contributed by atoms with van der Waals surface area (Å²) in [7, 11) is 2.01. The third-order valence-corrected chi connectivity index (χ3v) is 5.21. The Bertz CT molecular complexity index is 444. The Labute approximate surface area is 124 Å². The maximum Gasteiger partial charge on any atom is 0.137 e. The van der Waals surface area contributed by atoms with E-state index in [1.54, 1.807) is 6.07 Å². The normalized spacial score (nSPS) is 24.2. The summed E-state index contributed by atoms with van der Waals surface area (Å²) in [5, 5.41) is 3.45. The van der Waals surface area contributed by atoms with Gasteiger partial charge in [-0.1, -0.05) is 32.8 Å². The molecule has 1 aliphatic carbocycles. The van der Waals surface area contributed by atoms with Crippen LogP contribution < -0.4 is 5.32 Å². The van der Waals surface area contributed by atoms with Crippen molar-refractivity contribution in [1.82, 2.24) is 5.32 Å². The van der Waals surface area contributed by atoms with Crippen molar-refractivity contribution in [2.24, 2.45) is 11.3 Å². The summed E-state index contributed by atoms with van der Waals surface area (Å²) in [4.78, 5) is 0. The fraction of sp³-hybridized carbons (Fsp3) is 0.625. The number of benzene rings is 1. The van der Waals surface area contributed by atoms with E-state index in [1.165, 1.54) is 31.2 Å². The van der Waals surface area contributed by atoms with Crippen LogP contribution in [0.1, 0.15) is 51.1 Å². The third-order valence-electron chi connectivity index (χ3n) is 4.61. The zero-order valence-electron chi connectivity index (χ0n) is 12.0. The van der Waals surface area contributed by atoms with Crippen molar-refractivity contribution >= 4 is 15.9 Å². The van der Waals surface area contributed by atoms with Gasteiger partial charge in [0.05, 0.1) is 4.47 Å². The van der Waals surface area contributed by atoms with Gasteiger partial charge in [0.2, 0.25) is 0 Å². The fourth-order valence-corrected chi connectivity index (χ4v) is 3.84. The molecule has 0 heterocycles. The van der Waals surface area contributed by atoms with Crippen molar-refractivity contribution in [2.75, 3.05) is 7.05 Å². The zero-order valence-corrected chi connectivity index (χ0v) is 13.6. The second kappa shape index (κ2) is 5.92. The lowest BCUT2D eigenvalue weighted by Crippen LogP contribution is -2.37. The Morgan fingerprint density at radius 1 is 1.37 bits per heavy atom. The average molecular weight is 328 g/mol. The maximum atomic E-state index is 13.4. The lowest BCUT2D eigenvalue weighted by Gasteiger charge is -2.43. The standard InChI is InChI=1S/C16H23BrFN/c1-16(2)9-5-4-6-12(16)15(19-3)11-7-8-14(18)13(17)10-11/h7-8,10,12,15,19H,4-6,9H2,1-3H3. The minimum absolute atomic E-state index is 0.193. The first-order chi connectivity index (χ1) is 8.95. The van der Waals surface area contributed by atoms with Crippen LogP contribution in [0.25, 0.3) is 0 Å². The van der Waals surface area contributed by atoms with Crippen molar-refractivity contribution in [3.8, 4) is 0 Å². The maximum absolute atomic E-state index is 13.4. The van der Waals surface area contributed by atoms with E-state index in [1.807, 2.05) is 19.2 Å². The molecular weight excluding hydrogens is 305 g/mol. The van der Waals surface area contributed by atoms with Crippen LogP contribution in [0.15, 0.2) is 22.7 Å². The topological polar surface area (TPSA) is 12.0 Å². The van der Waals surface area contributed by atoms with E-state index in [9.17, 15) is 4.39 Å². The molecule has 0 saturated heterocycles. The van der Waals surface area contributed by atoms with Crippen molar-refractivity contribution < 1.29 is 4.39 Å². The molecule has 1 saturated carbocycles. The molecule has 2 atom stereocenters. The Morgan fingerprint density at radius 3 is 2.68 bits per heavy atom. The van der Waals surface area contributed by atoms with E-state index in [4.69, 9.17) is 0 Å². The summed E-state index contributed by atoms with van der Waals surface area (Å²) in [5.41, 5.74) is 1.52. The summed E-state index contributed by atoms with van der Waals surface area (Å²) in [6.45, 7) is 4.72. The van der Waals surface area contributed by atoms with Gasteiger partial charge < -0.3 is 5.32 Å². The number of nitrogens with one attached hydrogen (secondary N) is 1. The van der Waals surface area contributed by atoms with Crippen LogP contribution >= 0.6 is 15.9 Å². The number of rotatable bonds is 3. The minimum atomic E-state index is -0.193. The van der Waals surface area contributed by atoms with Gasteiger partial charge in [0.25, 0.3) is 0 Å². The monoisotopic (exact) mass is 327 g/mol. The molecule has 2 rings (SSSR count). The first-order valence-electron chi connectivity index (χ1n) is 7.08. The molecule has 1 aromatic rings. The molecule has 0 aromatic heterocycles. The molecule has 0 amide bonds. The van der Waals surface area contributed by atoms with E-state index in [0.717, 1.165) is 0 Å². The predicted molar refractivity (Wildman–Crippen MR) is 81.6 cm³/mol. The lowest BCUT2D eigenvalue weighted by atomic mass is 9.65. The van der Waals surface area contributed by atoms with Crippen LogP contribution in [0.3, 0.4) is 0 Å². The first-order valence-corrected chi connectivity index (χ1v) is 7.87. The Balaban J connectivity index is 2.30. The summed E-state index contributed by atoms with van der Waals surface area (Å²) < 4.78 is 13.9. The molecule has 1 aromatic carbocycles. The molecule has 1 fully saturated rings. The van der Waals surface area contributed by atoms with Crippen LogP contribution in [0.5, 0.6) is 0 Å². The molecule has 0 spiro atoms. The molecule has 19 heavy (non-hydrogen) atoms. The molecule has 2 unspecified atom stereocenters. The predicted octanol–water partition coefficient (Wildman–Crippen LogP) is 5.07. The van der Waals surface area contributed by atoms with E-state index in [2.05, 4.69) is 35.1 Å². The molecule has 0 aliphatic heterocycles. The summed E-state index contributed by atoms with van der Waals surface area (Å²) in [5.74, 6) is 0.408. The smallest absolute Gasteiger partial charge is 0.137 e. The quantitative estimate of drug-likeness (QED) is 0.817. The minimum Gasteiger partial charge on any atom is -0.313 e. The fourth-order valence-electron chi connectivity index (χ4n) is 3.44. The van der Waals surface area contributed by atoms with Gasteiger partial charge >= 0.3 is 0 Å². The van der Waals surface area contributed by atoms with Gasteiger partial charge in [0.1, 0.15) is 5.82 Å². The van der Waals surface area contributed by atoms with Crippen LogP contribution in [-0.4, -0.2) is 7.05 Å². The number of hydrogen-bond donors (Lipinski definition) is 1. The Morgan fingerprint density at radius 2 is 2.11 bits per heavy atom. The number of hydrogen-bond acceptors (Lipinski definition) is 1. The molecule has 0 bridgehead atoms. The van der Waals surface area contributed by atoms with Crippen LogP contribution in [-0.2, 0) is 0 Å². The van der Waals surface area contributed by atoms with Crippen LogP contribution in [0.4, 0.5) is 4.39 Å². The van der Waals surface area contributed by atoms with Crippen molar-refractivity contribution in [3.63, 3.8) is 0 Å². The highest BCUT2D eigenvalue weighted by Crippen LogP contribution is 2.46. The van der Waals surface area contributed by atoms with Crippen LogP contribution in [0.2, 0.25) is 0 Å². The van der Waals surface area contributed by atoms with Crippen LogP contribution in [0, 0.1) is 17.2 Å². The second-order valence-corrected chi connectivity index (χ2v) is 7.14. The molecule has 1 nitrogen and oxygen atoms in total. The summed E-state index contributed by atoms with van der Waals surface area (Å²) in [6, 6.07) is 5.68. The highest BCUT2D eigenvalue weighted by Gasteiger charge is 2.37. The molecule has 1 N–H and O–H groups in total. The average Bonchev–Trinajstić information content (AvgIpc) is 2.36. The Kier molecular flexibility index (Phi) is 4.67. The zero-order chi connectivity index (χ0) is 14.0. The Hall–Kier alpha value is -0.410. The van der Waals surface area contributed by atoms with E-state index in [0.29, 0.717) is 21.8 Å². The second-order valence-electron chi connectivity index (χ2n) is 6.28. The van der Waals surface area contributed by atoms with Gasteiger partial charge in [0, 0.05) is 6.04 Å². The van der Waals surface area contributed by atoms with Crippen molar-refractivity contribution in [1.29, 1.82) is 0 Å². The summed E-state index contributed by atoms with van der Waals surface area (Å²) >= 11 is 3.29. The molecule has 0 radical (unpaired) electrons. The van der Waals surface area contributed by atoms with Crippen molar-refractivity contribution in [3.05, 3.63) is 34.1 Å². The van der Waals surface area contributed by atoms with Gasteiger partial charge in [-0.05, 0) is 64.8 Å². The van der Waals surface area contributed by atoms with E-state index in [-0.39, 0.29) is 5.82 Å². The van der Waals surface area contributed by atoms with Gasteiger partial charge in [-0.15, -0.1) is 0 Å². The third kappa shape index (κ3) is 3.19. The van der Waals surface area contributed by atoms with Gasteiger partial charge in [-0.25, -0.2) is 4.39 Å². The highest BCUT2D eigenvalue weighted by molar-refractivity contribution is 9.10. The highest BCUT2D eigenvalue weighted by atomic mass is 79.9. The molecule has 1 aliphatic rings. The molecular formula is C16H23BrFN. The molecule has 3 heteroatoms. The van der Waals surface area contributed by atoms with Gasteiger partial charge in [-0.2, -0.15) is 0 Å². The van der Waals surface area contributed by atoms with E-state index >= 15 is 0 Å². The van der Waals surface area contributed by atoms with Gasteiger partial charge in [0.15, 0.2) is 0 Å². The molecule has 106 valence electrons. The van der Waals surface area contributed by atoms with Crippen molar-refractivity contribution in [2.45, 2.75) is 45.6 Å². The lowest BCUT2D eigenvalue weighted by molar-refractivity contribution is 0.101. The summed E-state index contributed by atoms with van der Waals surface area (Å²) in [6.07, 6.45) is 5.15. The number of halogens is 2. The first kappa shape index (κ1) is 15.0. The largest absolute Gasteiger partial charge is 0.313 e. The SMILES string of the molecule is CNC(c1ccc(F)c(Br)c1)C1CCCCC1(C)C.